The molecule has 86 valence electrons. The molecule has 0 aliphatic heterocycles. The highest BCUT2D eigenvalue weighted by molar-refractivity contribution is 5.43. The molecule has 1 unspecified atom stereocenters. The average Bonchev–Trinajstić information content (AvgIpc) is 2.52. The number of pyridine rings is 1. The molecule has 16 heavy (non-hydrogen) atoms. The molecule has 2 aromatic heterocycles. The summed E-state index contributed by atoms with van der Waals surface area (Å²) in [5.41, 5.74) is 9.28. The van der Waals surface area contributed by atoms with Crippen molar-refractivity contribution >= 4 is 5.65 Å². The first-order chi connectivity index (χ1) is 7.59. The summed E-state index contributed by atoms with van der Waals surface area (Å²) in [6, 6.07) is 5.98. The molecular formula is C12H18N4. The zero-order chi connectivity index (χ0) is 11.7. The topological polar surface area (TPSA) is 46.6 Å². The van der Waals surface area contributed by atoms with Crippen molar-refractivity contribution in [2.75, 3.05) is 20.6 Å². The SMILES string of the molecule is Cc1nc2ccccn2c1C(N)CN(C)C. The number of aromatic nitrogens is 2. The van der Waals surface area contributed by atoms with Crippen LogP contribution in [0, 0.1) is 6.92 Å². The van der Waals surface area contributed by atoms with E-state index in [0.717, 1.165) is 23.6 Å². The van der Waals surface area contributed by atoms with Crippen LogP contribution in [0.25, 0.3) is 5.65 Å². The number of rotatable bonds is 3. The zero-order valence-corrected chi connectivity index (χ0v) is 10.0. The van der Waals surface area contributed by atoms with Gasteiger partial charge in [0.1, 0.15) is 5.65 Å². The fourth-order valence-corrected chi connectivity index (χ4v) is 2.06. The van der Waals surface area contributed by atoms with Crippen LogP contribution in [-0.2, 0) is 0 Å². The standard InChI is InChI=1S/C12H18N4/c1-9-12(10(13)8-15(2)3)16-7-5-4-6-11(16)14-9/h4-7,10H,8,13H2,1-3H3. The van der Waals surface area contributed by atoms with Crippen LogP contribution >= 0.6 is 0 Å². The van der Waals surface area contributed by atoms with Crippen molar-refractivity contribution in [3.05, 3.63) is 35.8 Å². The summed E-state index contributed by atoms with van der Waals surface area (Å²) in [4.78, 5) is 6.60. The Morgan fingerprint density at radius 2 is 2.19 bits per heavy atom. The van der Waals surface area contributed by atoms with Crippen molar-refractivity contribution in [1.29, 1.82) is 0 Å². The first kappa shape index (κ1) is 11.1. The molecule has 2 aromatic rings. The molecule has 1 atom stereocenters. The van der Waals surface area contributed by atoms with Gasteiger partial charge in [0, 0.05) is 12.7 Å². The van der Waals surface area contributed by atoms with Crippen molar-refractivity contribution in [1.82, 2.24) is 14.3 Å². The molecule has 2 N–H and O–H groups in total. The number of hydrogen-bond acceptors (Lipinski definition) is 3. The van der Waals surface area contributed by atoms with Crippen LogP contribution in [0.2, 0.25) is 0 Å². The van der Waals surface area contributed by atoms with E-state index in [1.54, 1.807) is 0 Å². The molecule has 0 amide bonds. The second-order valence-corrected chi connectivity index (χ2v) is 4.38. The third kappa shape index (κ3) is 1.94. The van der Waals surface area contributed by atoms with Crippen LogP contribution in [0.4, 0.5) is 0 Å². The number of fused-ring (bicyclic) bond motifs is 1. The van der Waals surface area contributed by atoms with Gasteiger partial charge in [0.05, 0.1) is 17.4 Å². The Hall–Kier alpha value is -1.39. The highest BCUT2D eigenvalue weighted by atomic mass is 15.1. The van der Waals surface area contributed by atoms with E-state index in [0.29, 0.717) is 0 Å². The fraction of sp³-hybridized carbons (Fsp3) is 0.417. The molecule has 0 saturated heterocycles. The second kappa shape index (κ2) is 4.23. The minimum absolute atomic E-state index is 0.00704. The van der Waals surface area contributed by atoms with Crippen LogP contribution in [-0.4, -0.2) is 34.9 Å². The van der Waals surface area contributed by atoms with Gasteiger partial charge in [0.25, 0.3) is 0 Å². The molecule has 0 aromatic carbocycles. The minimum atomic E-state index is -0.00704. The van der Waals surface area contributed by atoms with Crippen LogP contribution in [0.15, 0.2) is 24.4 Å². The Labute approximate surface area is 95.7 Å². The number of hydrogen-bond donors (Lipinski definition) is 1. The van der Waals surface area contributed by atoms with Gasteiger partial charge in [-0.25, -0.2) is 4.98 Å². The Morgan fingerprint density at radius 3 is 2.88 bits per heavy atom. The third-order valence-electron chi connectivity index (χ3n) is 2.66. The van der Waals surface area contributed by atoms with Gasteiger partial charge in [-0.15, -0.1) is 0 Å². The monoisotopic (exact) mass is 218 g/mol. The van der Waals surface area contributed by atoms with E-state index in [4.69, 9.17) is 5.73 Å². The van der Waals surface area contributed by atoms with Gasteiger partial charge in [-0.1, -0.05) is 6.07 Å². The Bertz CT molecular complexity index is 487. The lowest BCUT2D eigenvalue weighted by Gasteiger charge is -2.17. The molecule has 0 radical (unpaired) electrons. The predicted octanol–water partition coefficient (Wildman–Crippen LogP) is 1.20. The van der Waals surface area contributed by atoms with Crippen LogP contribution in [0.3, 0.4) is 0 Å². The molecule has 4 nitrogen and oxygen atoms in total. The molecule has 0 fully saturated rings. The number of imidazole rings is 1. The van der Waals surface area contributed by atoms with Crippen molar-refractivity contribution in [3.8, 4) is 0 Å². The first-order valence-corrected chi connectivity index (χ1v) is 5.43. The van der Waals surface area contributed by atoms with E-state index in [1.165, 1.54) is 0 Å². The van der Waals surface area contributed by atoms with Crippen molar-refractivity contribution in [2.45, 2.75) is 13.0 Å². The number of nitrogens with two attached hydrogens (primary N) is 1. The molecule has 0 aliphatic carbocycles. The van der Waals surface area contributed by atoms with Crippen LogP contribution in [0.5, 0.6) is 0 Å². The summed E-state index contributed by atoms with van der Waals surface area (Å²) in [5.74, 6) is 0. The van der Waals surface area contributed by atoms with Gasteiger partial charge in [0.15, 0.2) is 0 Å². The van der Waals surface area contributed by atoms with E-state index in [-0.39, 0.29) is 6.04 Å². The zero-order valence-electron chi connectivity index (χ0n) is 10.0. The largest absolute Gasteiger partial charge is 0.322 e. The highest BCUT2D eigenvalue weighted by Crippen LogP contribution is 2.18. The van der Waals surface area contributed by atoms with Crippen LogP contribution in [0.1, 0.15) is 17.4 Å². The second-order valence-electron chi connectivity index (χ2n) is 4.38. The summed E-state index contributed by atoms with van der Waals surface area (Å²) < 4.78 is 2.07. The first-order valence-electron chi connectivity index (χ1n) is 5.43. The summed E-state index contributed by atoms with van der Waals surface area (Å²) in [6.45, 7) is 2.83. The smallest absolute Gasteiger partial charge is 0.137 e. The normalized spacial score (nSPS) is 13.6. The number of likely N-dealkylation sites (N-methyl/N-ethyl adjacent to an activating group) is 1. The Kier molecular flexibility index (Phi) is 2.94. The molecule has 4 heteroatoms. The lowest BCUT2D eigenvalue weighted by molar-refractivity contribution is 0.372. The van der Waals surface area contributed by atoms with Crippen molar-refractivity contribution < 1.29 is 0 Å². The fourth-order valence-electron chi connectivity index (χ4n) is 2.06. The average molecular weight is 218 g/mol. The molecule has 2 heterocycles. The van der Waals surface area contributed by atoms with Crippen LogP contribution < -0.4 is 5.73 Å². The summed E-state index contributed by atoms with van der Waals surface area (Å²) in [6.07, 6.45) is 2.01. The molecule has 2 rings (SSSR count). The van der Waals surface area contributed by atoms with Gasteiger partial charge >= 0.3 is 0 Å². The van der Waals surface area contributed by atoms with E-state index in [9.17, 15) is 0 Å². The van der Waals surface area contributed by atoms with E-state index >= 15 is 0 Å². The lowest BCUT2D eigenvalue weighted by Crippen LogP contribution is -2.27. The van der Waals surface area contributed by atoms with Gasteiger partial charge < -0.3 is 15.0 Å². The Balaban J connectivity index is 2.46. The van der Waals surface area contributed by atoms with E-state index in [2.05, 4.69) is 14.3 Å². The van der Waals surface area contributed by atoms with Gasteiger partial charge in [-0.3, -0.25) is 0 Å². The summed E-state index contributed by atoms with van der Waals surface area (Å²) in [5, 5.41) is 0. The maximum Gasteiger partial charge on any atom is 0.137 e. The highest BCUT2D eigenvalue weighted by Gasteiger charge is 2.15. The quantitative estimate of drug-likeness (QED) is 0.842. The predicted molar refractivity (Wildman–Crippen MR) is 65.4 cm³/mol. The van der Waals surface area contributed by atoms with E-state index < -0.39 is 0 Å². The molecule has 0 spiro atoms. The van der Waals surface area contributed by atoms with Gasteiger partial charge in [-0.2, -0.15) is 0 Å². The number of aryl methyl sites for hydroxylation is 1. The number of nitrogens with zero attached hydrogens (tertiary/aromatic N) is 3. The summed E-state index contributed by atoms with van der Waals surface area (Å²) in [7, 11) is 4.05. The maximum atomic E-state index is 6.20. The molecule has 0 aliphatic rings. The third-order valence-corrected chi connectivity index (χ3v) is 2.66. The minimum Gasteiger partial charge on any atom is -0.322 e. The molecule has 0 saturated carbocycles. The van der Waals surface area contributed by atoms with Gasteiger partial charge in [-0.05, 0) is 33.2 Å². The van der Waals surface area contributed by atoms with E-state index in [1.807, 2.05) is 45.4 Å². The molecule has 0 bridgehead atoms. The maximum absolute atomic E-state index is 6.20. The Morgan fingerprint density at radius 1 is 1.44 bits per heavy atom. The summed E-state index contributed by atoms with van der Waals surface area (Å²) >= 11 is 0. The lowest BCUT2D eigenvalue weighted by atomic mass is 10.2. The van der Waals surface area contributed by atoms with Crippen molar-refractivity contribution in [3.63, 3.8) is 0 Å². The van der Waals surface area contributed by atoms with Gasteiger partial charge in [0.2, 0.25) is 0 Å². The molecular weight excluding hydrogens is 200 g/mol. The van der Waals surface area contributed by atoms with Crippen molar-refractivity contribution in [2.24, 2.45) is 5.73 Å².